The molecule has 0 spiro atoms. The lowest BCUT2D eigenvalue weighted by molar-refractivity contribution is -0.139. The van der Waals surface area contributed by atoms with Gasteiger partial charge in [-0.05, 0) is 27.7 Å². The SMILES string of the molecule is CCOC(=O)C1=C(C)N(C)C(C)=C(C(=O)OCC)C1. The van der Waals surface area contributed by atoms with Crippen LogP contribution in [0.2, 0.25) is 0 Å². The molecule has 0 aromatic rings. The van der Waals surface area contributed by atoms with Crippen molar-refractivity contribution in [1.82, 2.24) is 4.90 Å². The van der Waals surface area contributed by atoms with Gasteiger partial charge in [0.1, 0.15) is 0 Å². The van der Waals surface area contributed by atoms with Crippen LogP contribution in [-0.2, 0) is 19.1 Å². The second-order valence-electron chi connectivity index (χ2n) is 4.30. The summed E-state index contributed by atoms with van der Waals surface area (Å²) < 4.78 is 10.1. The molecule has 0 aliphatic carbocycles. The van der Waals surface area contributed by atoms with E-state index in [2.05, 4.69) is 0 Å². The number of carbonyl (C=O) groups excluding carboxylic acids is 2. The standard InChI is InChI=1S/C14H21NO4/c1-6-18-13(16)11-8-12(14(17)19-7-2)10(4)15(5)9(11)3/h6-8H2,1-5H3. The molecule has 1 aliphatic heterocycles. The lowest BCUT2D eigenvalue weighted by atomic mass is 9.97. The highest BCUT2D eigenvalue weighted by Crippen LogP contribution is 2.30. The molecule has 5 nitrogen and oxygen atoms in total. The minimum Gasteiger partial charge on any atom is -0.463 e. The molecule has 0 amide bonds. The van der Waals surface area contributed by atoms with Crippen LogP contribution in [0.5, 0.6) is 0 Å². The third-order valence-electron chi connectivity index (χ3n) is 3.28. The van der Waals surface area contributed by atoms with Crippen LogP contribution in [0.3, 0.4) is 0 Å². The molecular weight excluding hydrogens is 246 g/mol. The number of hydrogen-bond acceptors (Lipinski definition) is 5. The molecule has 19 heavy (non-hydrogen) atoms. The fourth-order valence-corrected chi connectivity index (χ4v) is 1.97. The second-order valence-corrected chi connectivity index (χ2v) is 4.30. The Kier molecular flexibility index (Phi) is 5.15. The van der Waals surface area contributed by atoms with Crippen LogP contribution < -0.4 is 0 Å². The number of hydrogen-bond donors (Lipinski definition) is 0. The van der Waals surface area contributed by atoms with Gasteiger partial charge < -0.3 is 14.4 Å². The van der Waals surface area contributed by atoms with Crippen LogP contribution in [0.4, 0.5) is 0 Å². The Labute approximate surface area is 113 Å². The molecule has 0 radical (unpaired) electrons. The Hall–Kier alpha value is -1.78. The maximum absolute atomic E-state index is 11.9. The van der Waals surface area contributed by atoms with E-state index in [-0.39, 0.29) is 18.4 Å². The molecule has 0 fully saturated rings. The van der Waals surface area contributed by atoms with Crippen LogP contribution in [0.15, 0.2) is 22.5 Å². The molecule has 0 saturated carbocycles. The van der Waals surface area contributed by atoms with Crippen molar-refractivity contribution >= 4 is 11.9 Å². The number of carbonyl (C=O) groups is 2. The molecular formula is C14H21NO4. The lowest BCUT2D eigenvalue weighted by Crippen LogP contribution is -2.28. The second kappa shape index (κ2) is 6.41. The third kappa shape index (κ3) is 3.16. The van der Waals surface area contributed by atoms with E-state index in [4.69, 9.17) is 9.47 Å². The third-order valence-corrected chi connectivity index (χ3v) is 3.28. The molecule has 0 aromatic heterocycles. The Morgan fingerprint density at radius 1 is 1.00 bits per heavy atom. The zero-order valence-electron chi connectivity index (χ0n) is 12.2. The average Bonchev–Trinajstić information content (AvgIpc) is 2.36. The van der Waals surface area contributed by atoms with Crippen molar-refractivity contribution in [3.8, 4) is 0 Å². The predicted octanol–water partition coefficient (Wildman–Crippen LogP) is 2.00. The largest absolute Gasteiger partial charge is 0.463 e. The molecule has 1 aliphatic rings. The van der Waals surface area contributed by atoms with Crippen LogP contribution in [0.25, 0.3) is 0 Å². The predicted molar refractivity (Wildman–Crippen MR) is 71.0 cm³/mol. The fourth-order valence-electron chi connectivity index (χ4n) is 1.97. The quantitative estimate of drug-likeness (QED) is 0.729. The first kappa shape index (κ1) is 15.3. The maximum atomic E-state index is 11.9. The first-order valence-electron chi connectivity index (χ1n) is 6.41. The van der Waals surface area contributed by atoms with E-state index >= 15 is 0 Å². The molecule has 106 valence electrons. The van der Waals surface area contributed by atoms with Crippen molar-refractivity contribution < 1.29 is 19.1 Å². The van der Waals surface area contributed by atoms with E-state index in [1.807, 2.05) is 25.8 Å². The first-order chi connectivity index (χ1) is 8.93. The number of ether oxygens (including phenoxy) is 2. The average molecular weight is 267 g/mol. The van der Waals surface area contributed by atoms with Crippen molar-refractivity contribution in [3.05, 3.63) is 22.5 Å². The lowest BCUT2D eigenvalue weighted by Gasteiger charge is -2.30. The number of esters is 2. The van der Waals surface area contributed by atoms with Crippen molar-refractivity contribution in [2.45, 2.75) is 34.1 Å². The van der Waals surface area contributed by atoms with E-state index < -0.39 is 0 Å². The summed E-state index contributed by atoms with van der Waals surface area (Å²) in [7, 11) is 1.82. The van der Waals surface area contributed by atoms with E-state index in [1.165, 1.54) is 0 Å². The summed E-state index contributed by atoms with van der Waals surface area (Å²) in [6, 6.07) is 0. The summed E-state index contributed by atoms with van der Waals surface area (Å²) in [6.45, 7) is 7.84. The molecule has 5 heteroatoms. The van der Waals surface area contributed by atoms with Crippen LogP contribution >= 0.6 is 0 Å². The van der Waals surface area contributed by atoms with Gasteiger partial charge in [0.15, 0.2) is 0 Å². The van der Waals surface area contributed by atoms with Crippen LogP contribution in [0.1, 0.15) is 34.1 Å². The van der Waals surface area contributed by atoms with Gasteiger partial charge >= 0.3 is 11.9 Å². The van der Waals surface area contributed by atoms with Gasteiger partial charge in [-0.3, -0.25) is 0 Å². The van der Waals surface area contributed by atoms with Crippen molar-refractivity contribution in [2.75, 3.05) is 20.3 Å². The van der Waals surface area contributed by atoms with Gasteiger partial charge in [-0.25, -0.2) is 9.59 Å². The van der Waals surface area contributed by atoms with Gasteiger partial charge in [0.05, 0.1) is 24.4 Å². The number of allylic oxidation sites excluding steroid dienone is 2. The van der Waals surface area contributed by atoms with E-state index in [1.54, 1.807) is 13.8 Å². The molecule has 0 unspecified atom stereocenters. The smallest absolute Gasteiger partial charge is 0.336 e. The molecule has 0 N–H and O–H groups in total. The van der Waals surface area contributed by atoms with Crippen molar-refractivity contribution in [3.63, 3.8) is 0 Å². The molecule has 0 bridgehead atoms. The van der Waals surface area contributed by atoms with Gasteiger partial charge in [0.25, 0.3) is 0 Å². The summed E-state index contributed by atoms with van der Waals surface area (Å²) in [5, 5.41) is 0. The molecule has 0 saturated heterocycles. The van der Waals surface area contributed by atoms with E-state index in [9.17, 15) is 9.59 Å². The summed E-state index contributed by atoms with van der Waals surface area (Å²) in [4.78, 5) is 25.6. The van der Waals surface area contributed by atoms with Gasteiger partial charge in [-0.2, -0.15) is 0 Å². The monoisotopic (exact) mass is 267 g/mol. The van der Waals surface area contributed by atoms with Gasteiger partial charge in [-0.15, -0.1) is 0 Å². The number of nitrogens with zero attached hydrogens (tertiary/aromatic N) is 1. The van der Waals surface area contributed by atoms with E-state index in [0.717, 1.165) is 11.4 Å². The fraction of sp³-hybridized carbons (Fsp3) is 0.571. The first-order valence-corrected chi connectivity index (χ1v) is 6.41. The van der Waals surface area contributed by atoms with Gasteiger partial charge in [-0.1, -0.05) is 0 Å². The summed E-state index contributed by atoms with van der Waals surface area (Å²) in [6.07, 6.45) is 0.264. The molecule has 0 aromatic carbocycles. The molecule has 1 rings (SSSR count). The minimum absolute atomic E-state index is 0.264. The highest BCUT2D eigenvalue weighted by atomic mass is 16.5. The normalized spacial score (nSPS) is 15.7. The van der Waals surface area contributed by atoms with Gasteiger partial charge in [0, 0.05) is 24.9 Å². The summed E-state index contributed by atoms with van der Waals surface area (Å²) in [5.41, 5.74) is 2.64. The Bertz CT molecular complexity index is 408. The number of rotatable bonds is 4. The van der Waals surface area contributed by atoms with Crippen molar-refractivity contribution in [1.29, 1.82) is 0 Å². The van der Waals surface area contributed by atoms with Crippen molar-refractivity contribution in [2.24, 2.45) is 0 Å². The Morgan fingerprint density at radius 3 is 1.68 bits per heavy atom. The zero-order chi connectivity index (χ0) is 14.6. The zero-order valence-corrected chi connectivity index (χ0v) is 12.2. The minimum atomic E-state index is -0.374. The van der Waals surface area contributed by atoms with E-state index in [0.29, 0.717) is 24.4 Å². The Morgan fingerprint density at radius 2 is 1.37 bits per heavy atom. The Balaban J connectivity index is 3.05. The summed E-state index contributed by atoms with van der Waals surface area (Å²) >= 11 is 0. The summed E-state index contributed by atoms with van der Waals surface area (Å²) in [5.74, 6) is -0.748. The topological polar surface area (TPSA) is 55.8 Å². The van der Waals surface area contributed by atoms with Crippen LogP contribution in [0, 0.1) is 0 Å². The maximum Gasteiger partial charge on any atom is 0.336 e. The molecule has 1 heterocycles. The van der Waals surface area contributed by atoms with Crippen LogP contribution in [-0.4, -0.2) is 37.1 Å². The van der Waals surface area contributed by atoms with Gasteiger partial charge in [0.2, 0.25) is 0 Å². The molecule has 0 atom stereocenters. The highest BCUT2D eigenvalue weighted by molar-refractivity contribution is 5.96. The highest BCUT2D eigenvalue weighted by Gasteiger charge is 2.29.